The van der Waals surface area contributed by atoms with Crippen LogP contribution < -0.4 is 0 Å². The second-order valence-corrected chi connectivity index (χ2v) is 6.17. The Labute approximate surface area is 105 Å². The average molecular weight is 288 g/mol. The second kappa shape index (κ2) is 4.88. The Kier molecular flexibility index (Phi) is 3.73. The van der Waals surface area contributed by atoms with Gasteiger partial charge in [0, 0.05) is 9.85 Å². The fourth-order valence-corrected chi connectivity index (χ4v) is 3.26. The van der Waals surface area contributed by atoms with Crippen LogP contribution in [0.3, 0.4) is 0 Å². The largest absolute Gasteiger partial charge is 0.0890 e. The molecule has 2 rings (SSSR count). The first-order valence-corrected chi connectivity index (χ1v) is 6.86. The van der Waals surface area contributed by atoms with Gasteiger partial charge in [-0.1, -0.05) is 46.1 Å². The maximum Gasteiger partial charge on any atom is 0.0438 e. The molecule has 2 atom stereocenters. The molecule has 0 aromatic heterocycles. The van der Waals surface area contributed by atoms with Crippen LogP contribution >= 0.6 is 27.5 Å². The van der Waals surface area contributed by atoms with E-state index in [-0.39, 0.29) is 0 Å². The van der Waals surface area contributed by atoms with E-state index in [0.29, 0.717) is 10.7 Å². The van der Waals surface area contributed by atoms with E-state index in [0.717, 1.165) is 5.02 Å². The number of halogens is 2. The van der Waals surface area contributed by atoms with Gasteiger partial charge in [-0.2, -0.15) is 0 Å². The molecule has 0 nitrogen and oxygen atoms in total. The lowest BCUT2D eigenvalue weighted by Gasteiger charge is -2.26. The normalized spacial score (nSPS) is 26.6. The molecule has 1 aromatic carbocycles. The first-order valence-electron chi connectivity index (χ1n) is 5.57. The van der Waals surface area contributed by atoms with Crippen molar-refractivity contribution in [3.8, 4) is 0 Å². The number of aryl methyl sites for hydroxylation is 1. The molecule has 2 unspecified atom stereocenters. The third-order valence-electron chi connectivity index (χ3n) is 3.28. The van der Waals surface area contributed by atoms with Crippen molar-refractivity contribution in [3.05, 3.63) is 34.3 Å². The summed E-state index contributed by atoms with van der Waals surface area (Å²) in [6, 6.07) is 6.51. The van der Waals surface area contributed by atoms with E-state index in [1.807, 2.05) is 0 Å². The smallest absolute Gasteiger partial charge is 0.0438 e. The molecule has 1 saturated carbocycles. The highest BCUT2D eigenvalue weighted by Crippen LogP contribution is 2.37. The zero-order valence-electron chi connectivity index (χ0n) is 8.97. The van der Waals surface area contributed by atoms with Crippen LogP contribution in [-0.4, -0.2) is 4.83 Å². The molecule has 2 heteroatoms. The number of hydrogen-bond acceptors (Lipinski definition) is 0. The van der Waals surface area contributed by atoms with Gasteiger partial charge in [-0.15, -0.1) is 0 Å². The molecule has 1 aromatic rings. The summed E-state index contributed by atoms with van der Waals surface area (Å²) < 4.78 is 0. The van der Waals surface area contributed by atoms with Crippen molar-refractivity contribution in [2.45, 2.75) is 43.4 Å². The number of benzene rings is 1. The van der Waals surface area contributed by atoms with Crippen LogP contribution in [0.5, 0.6) is 0 Å². The van der Waals surface area contributed by atoms with Crippen LogP contribution in [-0.2, 0) is 0 Å². The highest BCUT2D eigenvalue weighted by atomic mass is 79.9. The molecule has 1 fully saturated rings. The van der Waals surface area contributed by atoms with Crippen molar-refractivity contribution in [1.82, 2.24) is 0 Å². The fraction of sp³-hybridized carbons (Fsp3) is 0.538. The van der Waals surface area contributed by atoms with Crippen LogP contribution in [0.1, 0.15) is 42.7 Å². The Balaban J connectivity index is 2.18. The third kappa shape index (κ3) is 2.76. The summed E-state index contributed by atoms with van der Waals surface area (Å²) >= 11 is 9.88. The molecule has 0 spiro atoms. The lowest BCUT2D eigenvalue weighted by molar-refractivity contribution is 0.458. The molecule has 0 aliphatic heterocycles. The summed E-state index contributed by atoms with van der Waals surface area (Å²) in [7, 11) is 0. The summed E-state index contributed by atoms with van der Waals surface area (Å²) in [6.07, 6.45) is 5.20. The van der Waals surface area contributed by atoms with Crippen molar-refractivity contribution < 1.29 is 0 Å². The van der Waals surface area contributed by atoms with Gasteiger partial charge in [-0.3, -0.25) is 0 Å². The minimum atomic E-state index is 0.691. The lowest BCUT2D eigenvalue weighted by Crippen LogP contribution is -2.13. The molecule has 82 valence electrons. The van der Waals surface area contributed by atoms with Crippen molar-refractivity contribution in [3.63, 3.8) is 0 Å². The van der Waals surface area contributed by atoms with Gasteiger partial charge in [-0.25, -0.2) is 0 Å². The highest BCUT2D eigenvalue weighted by molar-refractivity contribution is 9.09. The van der Waals surface area contributed by atoms with Gasteiger partial charge < -0.3 is 0 Å². The average Bonchev–Trinajstić information content (AvgIpc) is 2.22. The van der Waals surface area contributed by atoms with Crippen molar-refractivity contribution in [1.29, 1.82) is 0 Å². The second-order valence-electron chi connectivity index (χ2n) is 4.47. The molecule has 0 amide bonds. The molecule has 0 radical (unpaired) electrons. The van der Waals surface area contributed by atoms with Gasteiger partial charge >= 0.3 is 0 Å². The molecule has 15 heavy (non-hydrogen) atoms. The Morgan fingerprint density at radius 1 is 1.33 bits per heavy atom. The molecule has 0 N–H and O–H groups in total. The Hall–Kier alpha value is -0.0100. The summed E-state index contributed by atoms with van der Waals surface area (Å²) in [6.45, 7) is 2.06. The number of alkyl halides is 1. The SMILES string of the molecule is Cc1ccc(C2CCCC(Br)C2)cc1Cl. The first-order chi connectivity index (χ1) is 7.16. The Bertz CT molecular complexity index is 348. The Morgan fingerprint density at radius 3 is 2.80 bits per heavy atom. The number of hydrogen-bond donors (Lipinski definition) is 0. The molecule has 0 heterocycles. The van der Waals surface area contributed by atoms with Crippen molar-refractivity contribution >= 4 is 27.5 Å². The molecular formula is C13H16BrCl. The van der Waals surface area contributed by atoms with Crippen molar-refractivity contribution in [2.75, 3.05) is 0 Å². The Morgan fingerprint density at radius 2 is 2.13 bits per heavy atom. The summed E-state index contributed by atoms with van der Waals surface area (Å²) in [5.74, 6) is 0.696. The minimum absolute atomic E-state index is 0.691. The quantitative estimate of drug-likeness (QED) is 0.633. The first kappa shape index (κ1) is 11.5. The fourth-order valence-electron chi connectivity index (χ4n) is 2.30. The summed E-state index contributed by atoms with van der Waals surface area (Å²) in [5.41, 5.74) is 2.58. The molecular weight excluding hydrogens is 271 g/mol. The summed E-state index contributed by atoms with van der Waals surface area (Å²) in [5, 5.41) is 0.907. The van der Waals surface area contributed by atoms with Gasteiger partial charge in [0.1, 0.15) is 0 Å². The minimum Gasteiger partial charge on any atom is -0.0890 e. The van der Waals surface area contributed by atoms with Crippen molar-refractivity contribution in [2.24, 2.45) is 0 Å². The third-order valence-corrected chi connectivity index (χ3v) is 4.52. The van der Waals surface area contributed by atoms with E-state index in [1.165, 1.54) is 36.8 Å². The van der Waals surface area contributed by atoms with E-state index in [2.05, 4.69) is 41.1 Å². The van der Waals surface area contributed by atoms with E-state index in [4.69, 9.17) is 11.6 Å². The molecule has 0 saturated heterocycles. The number of rotatable bonds is 1. The monoisotopic (exact) mass is 286 g/mol. The van der Waals surface area contributed by atoms with Crippen LogP contribution in [0, 0.1) is 6.92 Å². The topological polar surface area (TPSA) is 0 Å². The van der Waals surface area contributed by atoms with Crippen LogP contribution in [0.15, 0.2) is 18.2 Å². The van der Waals surface area contributed by atoms with Gasteiger partial charge in [0.2, 0.25) is 0 Å². The highest BCUT2D eigenvalue weighted by Gasteiger charge is 2.21. The van der Waals surface area contributed by atoms with Gasteiger partial charge in [0.25, 0.3) is 0 Å². The van der Waals surface area contributed by atoms with E-state index >= 15 is 0 Å². The van der Waals surface area contributed by atoms with E-state index in [1.54, 1.807) is 0 Å². The van der Waals surface area contributed by atoms with Gasteiger partial charge in [0.05, 0.1) is 0 Å². The van der Waals surface area contributed by atoms with E-state index in [9.17, 15) is 0 Å². The summed E-state index contributed by atoms with van der Waals surface area (Å²) in [4.78, 5) is 0.691. The zero-order chi connectivity index (χ0) is 10.8. The van der Waals surface area contributed by atoms with Crippen LogP contribution in [0.25, 0.3) is 0 Å². The standard InChI is InChI=1S/C13H16BrCl/c1-9-5-6-11(8-13(9)15)10-3-2-4-12(14)7-10/h5-6,8,10,12H,2-4,7H2,1H3. The maximum absolute atomic E-state index is 6.16. The van der Waals surface area contributed by atoms with Crippen LogP contribution in [0.4, 0.5) is 0 Å². The van der Waals surface area contributed by atoms with E-state index < -0.39 is 0 Å². The molecule has 1 aliphatic rings. The van der Waals surface area contributed by atoms with Crippen LogP contribution in [0.2, 0.25) is 5.02 Å². The van der Waals surface area contributed by atoms with Gasteiger partial charge in [0.15, 0.2) is 0 Å². The van der Waals surface area contributed by atoms with Gasteiger partial charge in [-0.05, 0) is 49.3 Å². The molecule has 0 bridgehead atoms. The maximum atomic E-state index is 6.16. The predicted octanol–water partition coefficient (Wildman–Crippen LogP) is 5.07. The predicted molar refractivity (Wildman–Crippen MR) is 70.1 cm³/mol. The zero-order valence-corrected chi connectivity index (χ0v) is 11.3. The lowest BCUT2D eigenvalue weighted by atomic mass is 9.84. The molecule has 1 aliphatic carbocycles.